The highest BCUT2D eigenvalue weighted by Crippen LogP contribution is 2.32. The van der Waals surface area contributed by atoms with E-state index in [-0.39, 0.29) is 23.7 Å². The molecule has 2 aromatic rings. The molecule has 0 aliphatic heterocycles. The largest absolute Gasteiger partial charge is 0.467 e. The summed E-state index contributed by atoms with van der Waals surface area (Å²) in [6, 6.07) is 3.94. The lowest BCUT2D eigenvalue weighted by molar-refractivity contribution is -0.137. The molecule has 2 N–H and O–H groups in total. The van der Waals surface area contributed by atoms with E-state index in [1.165, 1.54) is 19.2 Å². The van der Waals surface area contributed by atoms with Crippen molar-refractivity contribution >= 4 is 5.95 Å². The molecule has 0 unspecified atom stereocenters. The summed E-state index contributed by atoms with van der Waals surface area (Å²) in [5, 5.41) is 0. The molecule has 0 radical (unpaired) electrons. The number of benzene rings is 1. The molecular formula is C11H9F3N4O2. The Balaban J connectivity index is 2.28. The van der Waals surface area contributed by atoms with Crippen LogP contribution in [0.4, 0.5) is 19.1 Å². The molecule has 106 valence electrons. The molecule has 0 spiro atoms. The van der Waals surface area contributed by atoms with Crippen molar-refractivity contribution in [3.63, 3.8) is 0 Å². The third-order valence-corrected chi connectivity index (χ3v) is 2.16. The van der Waals surface area contributed by atoms with Crippen LogP contribution in [0.15, 0.2) is 24.3 Å². The molecule has 1 heterocycles. The molecular weight excluding hydrogens is 277 g/mol. The number of rotatable bonds is 3. The molecule has 1 aromatic heterocycles. The molecule has 9 heteroatoms. The van der Waals surface area contributed by atoms with Crippen molar-refractivity contribution in [2.75, 3.05) is 12.8 Å². The van der Waals surface area contributed by atoms with Crippen molar-refractivity contribution in [2.45, 2.75) is 6.18 Å². The van der Waals surface area contributed by atoms with Crippen LogP contribution in [0.25, 0.3) is 0 Å². The van der Waals surface area contributed by atoms with E-state index in [9.17, 15) is 13.2 Å². The Morgan fingerprint density at radius 1 is 1.10 bits per heavy atom. The van der Waals surface area contributed by atoms with E-state index < -0.39 is 11.7 Å². The Kier molecular flexibility index (Phi) is 3.59. The maximum Gasteiger partial charge on any atom is 0.416 e. The number of alkyl halides is 3. The average molecular weight is 286 g/mol. The maximum atomic E-state index is 12.6. The van der Waals surface area contributed by atoms with Crippen LogP contribution < -0.4 is 15.2 Å². The van der Waals surface area contributed by atoms with E-state index in [4.69, 9.17) is 15.2 Å². The molecule has 1 aromatic carbocycles. The summed E-state index contributed by atoms with van der Waals surface area (Å²) >= 11 is 0. The third-order valence-electron chi connectivity index (χ3n) is 2.16. The number of nitrogens with zero attached hydrogens (tertiary/aromatic N) is 3. The van der Waals surface area contributed by atoms with Gasteiger partial charge >= 0.3 is 18.2 Å². The zero-order valence-electron chi connectivity index (χ0n) is 10.2. The Hall–Kier alpha value is -2.58. The van der Waals surface area contributed by atoms with Gasteiger partial charge in [-0.25, -0.2) is 0 Å². The lowest BCUT2D eigenvalue weighted by Crippen LogP contribution is -2.05. The number of nitrogens with two attached hydrogens (primary N) is 1. The Bertz CT molecular complexity index is 619. The molecule has 20 heavy (non-hydrogen) atoms. The number of halogens is 3. The lowest BCUT2D eigenvalue weighted by Gasteiger charge is -2.09. The van der Waals surface area contributed by atoms with E-state index >= 15 is 0 Å². The van der Waals surface area contributed by atoms with Gasteiger partial charge in [0.05, 0.1) is 12.7 Å². The van der Waals surface area contributed by atoms with Gasteiger partial charge in [-0.1, -0.05) is 6.07 Å². The van der Waals surface area contributed by atoms with Crippen LogP contribution in [0.2, 0.25) is 0 Å². The van der Waals surface area contributed by atoms with Crippen LogP contribution in [0.5, 0.6) is 17.8 Å². The van der Waals surface area contributed by atoms with Gasteiger partial charge in [0.25, 0.3) is 0 Å². The smallest absolute Gasteiger partial charge is 0.416 e. The highest BCUT2D eigenvalue weighted by molar-refractivity contribution is 5.32. The van der Waals surface area contributed by atoms with Gasteiger partial charge in [0.2, 0.25) is 5.95 Å². The first kappa shape index (κ1) is 13.8. The summed E-state index contributed by atoms with van der Waals surface area (Å²) in [4.78, 5) is 11.0. The van der Waals surface area contributed by atoms with Crippen LogP contribution in [0.3, 0.4) is 0 Å². The number of aromatic nitrogens is 3. The van der Waals surface area contributed by atoms with Gasteiger partial charge in [-0.3, -0.25) is 0 Å². The quantitative estimate of drug-likeness (QED) is 0.931. The molecule has 0 aliphatic rings. The van der Waals surface area contributed by atoms with E-state index in [1.807, 2.05) is 0 Å². The van der Waals surface area contributed by atoms with E-state index in [0.717, 1.165) is 12.1 Å². The summed E-state index contributed by atoms with van der Waals surface area (Å²) < 4.78 is 47.5. The van der Waals surface area contributed by atoms with Gasteiger partial charge in [0, 0.05) is 0 Å². The average Bonchev–Trinajstić information content (AvgIpc) is 2.37. The second-order valence-electron chi connectivity index (χ2n) is 3.59. The number of anilines is 1. The molecule has 0 saturated heterocycles. The fraction of sp³-hybridized carbons (Fsp3) is 0.182. The lowest BCUT2D eigenvalue weighted by atomic mass is 10.2. The fourth-order valence-electron chi connectivity index (χ4n) is 1.33. The summed E-state index contributed by atoms with van der Waals surface area (Å²) in [5.74, 6) is -0.244. The normalized spacial score (nSPS) is 11.2. The number of hydrogen-bond acceptors (Lipinski definition) is 6. The Labute approximate surface area is 111 Å². The van der Waals surface area contributed by atoms with Crippen LogP contribution >= 0.6 is 0 Å². The van der Waals surface area contributed by atoms with Gasteiger partial charge in [-0.05, 0) is 18.2 Å². The first-order chi connectivity index (χ1) is 9.38. The van der Waals surface area contributed by atoms with E-state index in [1.54, 1.807) is 0 Å². The minimum atomic E-state index is -4.46. The minimum absolute atomic E-state index is 0.0764. The predicted molar refractivity (Wildman–Crippen MR) is 62.3 cm³/mol. The first-order valence-corrected chi connectivity index (χ1v) is 5.29. The number of nitrogen functional groups attached to an aromatic ring is 1. The Morgan fingerprint density at radius 2 is 1.80 bits per heavy atom. The third kappa shape index (κ3) is 3.25. The highest BCUT2D eigenvalue weighted by atomic mass is 19.4. The Morgan fingerprint density at radius 3 is 2.45 bits per heavy atom. The van der Waals surface area contributed by atoms with Gasteiger partial charge in [0.1, 0.15) is 5.75 Å². The molecule has 0 aliphatic carbocycles. The van der Waals surface area contributed by atoms with Crippen molar-refractivity contribution in [3.05, 3.63) is 29.8 Å². The van der Waals surface area contributed by atoms with Crippen molar-refractivity contribution in [1.82, 2.24) is 15.0 Å². The molecule has 2 rings (SSSR count). The molecule has 0 atom stereocenters. The molecule has 0 saturated carbocycles. The second kappa shape index (κ2) is 5.19. The summed E-state index contributed by atoms with van der Waals surface area (Å²) in [7, 11) is 1.31. The summed E-state index contributed by atoms with van der Waals surface area (Å²) in [5.41, 5.74) is 4.54. The minimum Gasteiger partial charge on any atom is -0.467 e. The van der Waals surface area contributed by atoms with Crippen LogP contribution in [-0.2, 0) is 6.18 Å². The molecule has 0 amide bonds. The van der Waals surface area contributed by atoms with Crippen LogP contribution in [0, 0.1) is 0 Å². The number of ether oxygens (including phenoxy) is 2. The molecule has 0 fully saturated rings. The summed E-state index contributed by atoms with van der Waals surface area (Å²) in [6.45, 7) is 0. The standard InChI is InChI=1S/C11H9F3N4O2/c1-19-9-16-8(15)17-10(18-9)20-7-4-2-3-6(5-7)11(12,13)14/h2-5H,1H3,(H2,15,16,17,18). The van der Waals surface area contributed by atoms with E-state index in [0.29, 0.717) is 0 Å². The highest BCUT2D eigenvalue weighted by Gasteiger charge is 2.30. The van der Waals surface area contributed by atoms with Crippen molar-refractivity contribution in [2.24, 2.45) is 0 Å². The number of methoxy groups -OCH3 is 1. The monoisotopic (exact) mass is 286 g/mol. The summed E-state index contributed by atoms with van der Waals surface area (Å²) in [6.07, 6.45) is -4.46. The second-order valence-corrected chi connectivity index (χ2v) is 3.59. The van der Waals surface area contributed by atoms with Gasteiger partial charge < -0.3 is 15.2 Å². The maximum absolute atomic E-state index is 12.6. The first-order valence-electron chi connectivity index (χ1n) is 5.29. The topological polar surface area (TPSA) is 83.2 Å². The van der Waals surface area contributed by atoms with Gasteiger partial charge in [0.15, 0.2) is 0 Å². The molecule has 6 nitrogen and oxygen atoms in total. The molecule has 0 bridgehead atoms. The van der Waals surface area contributed by atoms with E-state index in [2.05, 4.69) is 15.0 Å². The van der Waals surface area contributed by atoms with Crippen molar-refractivity contribution in [3.8, 4) is 17.8 Å². The van der Waals surface area contributed by atoms with Crippen molar-refractivity contribution < 1.29 is 22.6 Å². The van der Waals surface area contributed by atoms with Crippen molar-refractivity contribution in [1.29, 1.82) is 0 Å². The number of hydrogen-bond donors (Lipinski definition) is 1. The predicted octanol–water partition coefficient (Wildman–Crippen LogP) is 2.27. The zero-order chi connectivity index (χ0) is 14.8. The van der Waals surface area contributed by atoms with Crippen LogP contribution in [-0.4, -0.2) is 22.1 Å². The fourth-order valence-corrected chi connectivity index (χ4v) is 1.33. The van der Waals surface area contributed by atoms with Gasteiger partial charge in [-0.2, -0.15) is 23.1 Å². The SMILES string of the molecule is COc1nc(N)nc(Oc2cccc(C(F)(F)F)c2)n1. The zero-order valence-corrected chi connectivity index (χ0v) is 10.2. The van der Waals surface area contributed by atoms with Crippen LogP contribution in [0.1, 0.15) is 5.56 Å². The van der Waals surface area contributed by atoms with Gasteiger partial charge in [-0.15, -0.1) is 4.98 Å².